The molecule has 0 saturated carbocycles. The van der Waals surface area contributed by atoms with Gasteiger partial charge in [-0.3, -0.25) is 0 Å². The van der Waals surface area contributed by atoms with Crippen LogP contribution in [-0.4, -0.2) is 23.4 Å². The minimum absolute atomic E-state index is 0.175. The molecule has 1 heterocycles. The summed E-state index contributed by atoms with van der Waals surface area (Å²) in [5, 5.41) is 0. The molecule has 3 heteroatoms. The third-order valence-electron chi connectivity index (χ3n) is 2.49. The molecule has 1 nitrogen and oxygen atoms in total. The quantitative estimate of drug-likeness (QED) is 0.746. The topological polar surface area (TPSA) is 9.23 Å². The van der Waals surface area contributed by atoms with Crippen molar-refractivity contribution in [3.63, 3.8) is 0 Å². The van der Waals surface area contributed by atoms with Gasteiger partial charge < -0.3 is 4.74 Å². The fourth-order valence-electron chi connectivity index (χ4n) is 1.61. The van der Waals surface area contributed by atoms with Gasteiger partial charge in [0.15, 0.2) is 4.27 Å². The van der Waals surface area contributed by atoms with E-state index in [9.17, 15) is 0 Å². The van der Waals surface area contributed by atoms with E-state index in [0.717, 1.165) is 0 Å². The Morgan fingerprint density at radius 3 is 2.33 bits per heavy atom. The Hall–Kier alpha value is -0.380. The maximum absolute atomic E-state index is 5.84. The second-order valence-electron chi connectivity index (χ2n) is 3.34. The van der Waals surface area contributed by atoms with Crippen molar-refractivity contribution in [2.45, 2.75) is 4.27 Å². The molecular weight excluding hydrogens is 224 g/mol. The lowest BCUT2D eigenvalue weighted by molar-refractivity contribution is 0.169. The molecule has 0 fully saturated rings. The number of ether oxygens (including phenoxy) is 1. The highest BCUT2D eigenvalue weighted by Gasteiger charge is 2.32. The highest BCUT2D eigenvalue weighted by molar-refractivity contribution is 8.17. The third-order valence-corrected chi connectivity index (χ3v) is 5.10. The predicted molar refractivity (Wildman–Crippen MR) is 70.1 cm³/mol. The number of hydrogen-bond donors (Lipinski definition) is 0. The van der Waals surface area contributed by atoms with Crippen LogP contribution in [0.15, 0.2) is 36.4 Å². The van der Waals surface area contributed by atoms with E-state index in [1.54, 1.807) is 23.5 Å². The maximum Gasteiger partial charge on any atom is 0.180 e. The molecule has 0 amide bonds. The normalized spacial score (nSPS) is 18.9. The summed E-state index contributed by atoms with van der Waals surface area (Å²) in [5.41, 5.74) is 2.56. The molecule has 0 unspecified atom stereocenters. The van der Waals surface area contributed by atoms with Crippen molar-refractivity contribution in [2.75, 3.05) is 19.1 Å². The molecule has 80 valence electrons. The number of hydrogen-bond acceptors (Lipinski definition) is 3. The Labute approximate surface area is 99.3 Å². The van der Waals surface area contributed by atoms with Gasteiger partial charge in [0, 0.05) is 0 Å². The van der Waals surface area contributed by atoms with Gasteiger partial charge in [-0.25, -0.2) is 0 Å². The maximum atomic E-state index is 5.84. The molecule has 0 atom stereocenters. The molecule has 1 aromatic carbocycles. The van der Waals surface area contributed by atoms with Crippen LogP contribution in [-0.2, 0) is 4.74 Å². The Morgan fingerprint density at radius 1 is 1.13 bits per heavy atom. The second kappa shape index (κ2) is 4.64. The molecule has 0 bridgehead atoms. The summed E-state index contributed by atoms with van der Waals surface area (Å²) in [6, 6.07) is 10.4. The molecular formula is C12H14OS2. The lowest BCUT2D eigenvalue weighted by Gasteiger charge is -2.21. The van der Waals surface area contributed by atoms with Gasteiger partial charge >= 0.3 is 0 Å². The first-order valence-electron chi connectivity index (χ1n) is 4.81. The third kappa shape index (κ3) is 2.25. The molecule has 0 N–H and O–H groups in total. The van der Waals surface area contributed by atoms with Gasteiger partial charge in [-0.15, -0.1) is 23.5 Å². The van der Waals surface area contributed by atoms with E-state index in [1.165, 1.54) is 11.1 Å². The van der Waals surface area contributed by atoms with Crippen LogP contribution in [0.25, 0.3) is 5.57 Å². The molecule has 2 rings (SSSR count). The van der Waals surface area contributed by atoms with Gasteiger partial charge in [-0.05, 0) is 29.7 Å². The van der Waals surface area contributed by atoms with Crippen molar-refractivity contribution in [2.24, 2.45) is 0 Å². The standard InChI is InChI=1S/C12H14OS2/c1-14-12(15-2)8-11(9-13-12)10-6-4-3-5-7-10/h3-8H,9H2,1-2H3. The van der Waals surface area contributed by atoms with Crippen LogP contribution in [0.4, 0.5) is 0 Å². The molecule has 15 heavy (non-hydrogen) atoms. The summed E-state index contributed by atoms with van der Waals surface area (Å²) in [4.78, 5) is 0. The Balaban J connectivity index is 2.27. The highest BCUT2D eigenvalue weighted by atomic mass is 32.2. The smallest absolute Gasteiger partial charge is 0.180 e. The molecule has 0 saturated heterocycles. The largest absolute Gasteiger partial charge is 0.347 e. The van der Waals surface area contributed by atoms with E-state index in [-0.39, 0.29) is 4.27 Å². The molecule has 0 aliphatic carbocycles. The minimum Gasteiger partial charge on any atom is -0.347 e. The lowest BCUT2D eigenvalue weighted by atomic mass is 10.1. The van der Waals surface area contributed by atoms with E-state index < -0.39 is 0 Å². The van der Waals surface area contributed by atoms with Crippen molar-refractivity contribution in [1.82, 2.24) is 0 Å². The van der Waals surface area contributed by atoms with E-state index in [2.05, 4.69) is 42.9 Å². The number of benzene rings is 1. The number of thioether (sulfide) groups is 2. The Morgan fingerprint density at radius 2 is 1.80 bits per heavy atom. The van der Waals surface area contributed by atoms with Crippen molar-refractivity contribution in [3.05, 3.63) is 42.0 Å². The number of rotatable bonds is 3. The van der Waals surface area contributed by atoms with Crippen LogP contribution in [0.1, 0.15) is 5.56 Å². The summed E-state index contributed by atoms with van der Waals surface area (Å²) < 4.78 is 5.66. The first-order chi connectivity index (χ1) is 7.29. The fraction of sp³-hybridized carbons (Fsp3) is 0.333. The summed E-state index contributed by atoms with van der Waals surface area (Å²) >= 11 is 3.49. The first kappa shape index (κ1) is 11.1. The highest BCUT2D eigenvalue weighted by Crippen LogP contribution is 2.43. The average molecular weight is 238 g/mol. The molecule has 0 spiro atoms. The molecule has 1 aromatic rings. The SMILES string of the molecule is CSC1(SC)C=C(c2ccccc2)CO1. The Kier molecular flexibility index (Phi) is 3.44. The predicted octanol–water partition coefficient (Wildman–Crippen LogP) is 3.48. The van der Waals surface area contributed by atoms with Gasteiger partial charge in [0.25, 0.3) is 0 Å². The fourth-order valence-corrected chi connectivity index (χ4v) is 3.15. The zero-order chi connectivity index (χ0) is 10.7. The van der Waals surface area contributed by atoms with Crippen LogP contribution >= 0.6 is 23.5 Å². The van der Waals surface area contributed by atoms with Crippen molar-refractivity contribution >= 4 is 29.1 Å². The van der Waals surface area contributed by atoms with Gasteiger partial charge in [0.1, 0.15) is 0 Å². The van der Waals surface area contributed by atoms with Crippen LogP contribution in [0, 0.1) is 0 Å². The van der Waals surface area contributed by atoms with E-state index in [1.807, 2.05) is 6.07 Å². The zero-order valence-electron chi connectivity index (χ0n) is 8.90. The van der Waals surface area contributed by atoms with E-state index in [4.69, 9.17) is 4.74 Å². The Bertz CT molecular complexity index is 355. The van der Waals surface area contributed by atoms with Gasteiger partial charge in [0.2, 0.25) is 0 Å². The molecule has 0 radical (unpaired) electrons. The summed E-state index contributed by atoms with van der Waals surface area (Å²) in [7, 11) is 0. The summed E-state index contributed by atoms with van der Waals surface area (Å²) in [6.07, 6.45) is 6.40. The van der Waals surface area contributed by atoms with Crippen LogP contribution in [0.5, 0.6) is 0 Å². The van der Waals surface area contributed by atoms with Crippen molar-refractivity contribution in [1.29, 1.82) is 0 Å². The van der Waals surface area contributed by atoms with Gasteiger partial charge in [-0.2, -0.15) is 0 Å². The monoisotopic (exact) mass is 238 g/mol. The summed E-state index contributed by atoms with van der Waals surface area (Å²) in [5.74, 6) is 0. The van der Waals surface area contributed by atoms with Crippen LogP contribution in [0.3, 0.4) is 0 Å². The summed E-state index contributed by atoms with van der Waals surface area (Å²) in [6.45, 7) is 0.714. The average Bonchev–Trinajstić information content (AvgIpc) is 2.75. The van der Waals surface area contributed by atoms with E-state index >= 15 is 0 Å². The van der Waals surface area contributed by atoms with Crippen LogP contribution in [0.2, 0.25) is 0 Å². The van der Waals surface area contributed by atoms with Crippen LogP contribution < -0.4 is 0 Å². The molecule has 1 aliphatic heterocycles. The van der Waals surface area contributed by atoms with Gasteiger partial charge in [0.05, 0.1) is 6.61 Å². The zero-order valence-corrected chi connectivity index (χ0v) is 10.5. The van der Waals surface area contributed by atoms with E-state index in [0.29, 0.717) is 6.61 Å². The van der Waals surface area contributed by atoms with Crippen molar-refractivity contribution < 1.29 is 4.74 Å². The lowest BCUT2D eigenvalue weighted by Crippen LogP contribution is -2.15. The molecule has 0 aromatic heterocycles. The van der Waals surface area contributed by atoms with Crippen molar-refractivity contribution in [3.8, 4) is 0 Å². The minimum atomic E-state index is -0.175. The molecule has 1 aliphatic rings. The van der Waals surface area contributed by atoms with Gasteiger partial charge in [-0.1, -0.05) is 30.3 Å². The first-order valence-corrected chi connectivity index (χ1v) is 7.26. The second-order valence-corrected chi connectivity index (χ2v) is 5.62.